The first-order valence-electron chi connectivity index (χ1n) is 9.80. The van der Waals surface area contributed by atoms with Gasteiger partial charge in [0.25, 0.3) is 5.56 Å². The topological polar surface area (TPSA) is 106 Å². The molecule has 0 aliphatic carbocycles. The number of fused-ring (bicyclic) bond motifs is 1. The average molecular weight is 476 g/mol. The van der Waals surface area contributed by atoms with E-state index in [-0.39, 0.29) is 29.0 Å². The second kappa shape index (κ2) is 9.57. The highest BCUT2D eigenvalue weighted by Gasteiger charge is 2.50. The molecule has 0 radical (unpaired) electrons. The summed E-state index contributed by atoms with van der Waals surface area (Å²) in [4.78, 5) is 37.2. The number of alkyl halides is 3. The number of aromatic nitrogens is 2. The molecule has 1 fully saturated rings. The van der Waals surface area contributed by atoms with Crippen molar-refractivity contribution in [3.05, 3.63) is 10.4 Å². The highest BCUT2D eigenvalue weighted by Crippen LogP contribution is 2.38. The van der Waals surface area contributed by atoms with Crippen LogP contribution in [0.25, 0.3) is 0 Å². The summed E-state index contributed by atoms with van der Waals surface area (Å²) < 4.78 is 52.7. The molecule has 0 aromatic carbocycles. The van der Waals surface area contributed by atoms with Gasteiger partial charge in [-0.3, -0.25) is 14.3 Å². The van der Waals surface area contributed by atoms with Crippen LogP contribution in [0.1, 0.15) is 13.8 Å². The molecular formula is C18H23F3N6O4S. The Hall–Kier alpha value is -2.47. The van der Waals surface area contributed by atoms with Crippen LogP contribution < -0.4 is 20.8 Å². The molecule has 2 aliphatic heterocycles. The molecule has 3 rings (SSSR count). The molecule has 176 valence electrons. The number of halogens is 3. The Labute approximate surface area is 185 Å². The summed E-state index contributed by atoms with van der Waals surface area (Å²) >= 11 is -1.69. The zero-order chi connectivity index (χ0) is 23.6. The van der Waals surface area contributed by atoms with Gasteiger partial charge in [0.1, 0.15) is 5.75 Å². The zero-order valence-electron chi connectivity index (χ0n) is 17.7. The monoisotopic (exact) mass is 476 g/mol. The van der Waals surface area contributed by atoms with Crippen molar-refractivity contribution in [3.63, 3.8) is 0 Å². The molecule has 1 saturated heterocycles. The zero-order valence-corrected chi connectivity index (χ0v) is 18.5. The van der Waals surface area contributed by atoms with Crippen molar-refractivity contribution in [2.75, 3.05) is 48.4 Å². The molecule has 0 spiro atoms. The van der Waals surface area contributed by atoms with Crippen molar-refractivity contribution >= 4 is 28.7 Å². The number of piperazine rings is 1. The largest absolute Gasteiger partial charge is 0.609 e. The van der Waals surface area contributed by atoms with Crippen molar-refractivity contribution in [3.8, 4) is 11.8 Å². The fourth-order valence-corrected chi connectivity index (χ4v) is 4.30. The minimum Gasteiger partial charge on any atom is -0.609 e. The van der Waals surface area contributed by atoms with Crippen molar-refractivity contribution in [1.29, 1.82) is 0 Å². The summed E-state index contributed by atoms with van der Waals surface area (Å²) in [5.74, 6) is 2.88. The van der Waals surface area contributed by atoms with Crippen LogP contribution in [-0.4, -0.2) is 75.9 Å². The second-order valence-electron chi connectivity index (χ2n) is 6.95. The summed E-state index contributed by atoms with van der Waals surface area (Å²) in [5.41, 5.74) is -0.707. The van der Waals surface area contributed by atoms with E-state index >= 15 is 0 Å². The third-order valence-electron chi connectivity index (χ3n) is 4.97. The number of hydrogen-bond donors (Lipinski definition) is 1. The number of hydrogen-bond acceptors (Lipinski definition) is 9. The molecule has 0 amide bonds. The Morgan fingerprint density at radius 2 is 2.03 bits per heavy atom. The summed E-state index contributed by atoms with van der Waals surface area (Å²) in [7, 11) is 1.38. The van der Waals surface area contributed by atoms with E-state index in [1.807, 2.05) is 0 Å². The molecule has 2 atom stereocenters. The normalized spacial score (nSPS) is 19.9. The maximum absolute atomic E-state index is 13.2. The van der Waals surface area contributed by atoms with Crippen LogP contribution in [0.2, 0.25) is 0 Å². The Kier molecular flexibility index (Phi) is 7.23. The van der Waals surface area contributed by atoms with Gasteiger partial charge in [-0.05, 0) is 13.8 Å². The molecule has 32 heavy (non-hydrogen) atoms. The average Bonchev–Trinajstić information content (AvgIpc) is 3.07. The predicted octanol–water partition coefficient (Wildman–Crippen LogP) is -0.233. The first-order chi connectivity index (χ1) is 15.1. The Morgan fingerprint density at radius 3 is 2.59 bits per heavy atom. The third-order valence-corrected chi connectivity index (χ3v) is 6.27. The Morgan fingerprint density at radius 1 is 1.38 bits per heavy atom. The lowest BCUT2D eigenvalue weighted by Gasteiger charge is -2.40. The van der Waals surface area contributed by atoms with E-state index in [4.69, 9.17) is 4.84 Å². The quantitative estimate of drug-likeness (QED) is 0.350. The summed E-state index contributed by atoms with van der Waals surface area (Å²) in [6, 6.07) is 0. The number of nitrogens with zero attached hydrogens (tertiary/aromatic N) is 5. The maximum Gasteiger partial charge on any atom is 0.493 e. The number of carbonyl (C=O) groups is 1. The first kappa shape index (κ1) is 24.2. The summed E-state index contributed by atoms with van der Waals surface area (Å²) in [6.45, 7) is 5.07. The van der Waals surface area contributed by atoms with Crippen LogP contribution in [0, 0.1) is 11.8 Å². The van der Waals surface area contributed by atoms with E-state index in [0.717, 1.165) is 4.57 Å². The van der Waals surface area contributed by atoms with Gasteiger partial charge in [0.05, 0.1) is 6.54 Å². The molecule has 1 N–H and O–H groups in total. The maximum atomic E-state index is 13.2. The molecule has 3 heterocycles. The number of carbonyl (C=O) groups excluding carboxylic acids is 1. The van der Waals surface area contributed by atoms with Gasteiger partial charge >= 0.3 is 17.3 Å². The first-order valence-corrected chi connectivity index (χ1v) is 11.1. The number of nitrogens with one attached hydrogen (secondary N) is 1. The van der Waals surface area contributed by atoms with E-state index in [9.17, 15) is 27.3 Å². The van der Waals surface area contributed by atoms with E-state index in [0.29, 0.717) is 31.2 Å². The molecule has 2 aliphatic rings. The molecular weight excluding hydrogens is 453 g/mol. The van der Waals surface area contributed by atoms with Crippen LogP contribution in [0.3, 0.4) is 0 Å². The second-order valence-corrected chi connectivity index (χ2v) is 8.59. The van der Waals surface area contributed by atoms with Crippen LogP contribution in [0.15, 0.2) is 9.95 Å². The molecule has 0 saturated carbocycles. The van der Waals surface area contributed by atoms with Gasteiger partial charge in [-0.2, -0.15) is 18.2 Å². The number of hydroxylamine groups is 1. The fraction of sp³-hybridized carbons (Fsp3) is 0.611. The predicted molar refractivity (Wildman–Crippen MR) is 110 cm³/mol. The van der Waals surface area contributed by atoms with E-state index < -0.39 is 35.2 Å². The minimum absolute atomic E-state index is 0.0225. The smallest absolute Gasteiger partial charge is 0.493 e. The van der Waals surface area contributed by atoms with Crippen molar-refractivity contribution in [1.82, 2.24) is 19.8 Å². The lowest BCUT2D eigenvalue weighted by Crippen LogP contribution is -2.61. The standard InChI is InChI=1S/C18H23F3N6O4S/c1-4-6-9-26-12-13(23-16(32(30)5-2)24(3)14(12)28)27(31-15(29)18(19,20)21)17(26)25-10-7-22-8-11-25/h17,22H,5,7-11H2,1-3H3. The summed E-state index contributed by atoms with van der Waals surface area (Å²) in [5, 5.41) is 3.69. The molecule has 1 aromatic heterocycles. The molecule has 14 heteroatoms. The molecule has 0 bridgehead atoms. The van der Waals surface area contributed by atoms with Gasteiger partial charge in [0.15, 0.2) is 12.0 Å². The van der Waals surface area contributed by atoms with Crippen LogP contribution in [-0.2, 0) is 27.9 Å². The van der Waals surface area contributed by atoms with Gasteiger partial charge in [0, 0.05) is 44.4 Å². The van der Waals surface area contributed by atoms with E-state index in [1.165, 1.54) is 11.9 Å². The highest BCUT2D eigenvalue weighted by molar-refractivity contribution is 7.91. The number of anilines is 2. The Bertz CT molecular complexity index is 986. The summed E-state index contributed by atoms with van der Waals surface area (Å²) in [6.07, 6.45) is -6.34. The van der Waals surface area contributed by atoms with E-state index in [1.54, 1.807) is 18.7 Å². The van der Waals surface area contributed by atoms with Gasteiger partial charge in [-0.25, -0.2) is 4.79 Å². The minimum atomic E-state index is -5.26. The van der Waals surface area contributed by atoms with Crippen molar-refractivity contribution in [2.45, 2.75) is 31.5 Å². The SMILES string of the molecule is CC#CCN1c2c(nc([S+]([O-])CC)n(C)c2=O)N(OC(=O)C(F)(F)F)C1N1CCNCC1. The van der Waals surface area contributed by atoms with Crippen molar-refractivity contribution in [2.24, 2.45) is 7.05 Å². The van der Waals surface area contributed by atoms with Crippen molar-refractivity contribution < 1.29 is 27.4 Å². The van der Waals surface area contributed by atoms with Gasteiger partial charge in [-0.15, -0.1) is 11.0 Å². The van der Waals surface area contributed by atoms with Crippen LogP contribution in [0.5, 0.6) is 0 Å². The lowest BCUT2D eigenvalue weighted by atomic mass is 10.3. The highest BCUT2D eigenvalue weighted by atomic mass is 32.2. The fourth-order valence-electron chi connectivity index (χ4n) is 3.46. The van der Waals surface area contributed by atoms with Gasteiger partial charge < -0.3 is 19.6 Å². The Balaban J connectivity index is 2.20. The number of rotatable bonds is 5. The molecule has 1 aromatic rings. The molecule has 2 unspecified atom stereocenters. The van der Waals surface area contributed by atoms with Gasteiger partial charge in [-0.1, -0.05) is 5.92 Å². The van der Waals surface area contributed by atoms with Crippen LogP contribution in [0.4, 0.5) is 24.7 Å². The van der Waals surface area contributed by atoms with Gasteiger partial charge in [0.2, 0.25) is 5.82 Å². The van der Waals surface area contributed by atoms with Crippen LogP contribution >= 0.6 is 0 Å². The lowest BCUT2D eigenvalue weighted by molar-refractivity contribution is -0.203. The van der Waals surface area contributed by atoms with E-state index in [2.05, 4.69) is 22.1 Å². The molecule has 10 nitrogen and oxygen atoms in total. The third kappa shape index (κ3) is 4.51.